The van der Waals surface area contributed by atoms with Crippen molar-refractivity contribution in [2.45, 2.75) is 13.8 Å². The molecule has 1 aliphatic heterocycles. The Bertz CT molecular complexity index is 664. The molecule has 0 saturated carbocycles. The van der Waals surface area contributed by atoms with Crippen LogP contribution in [0, 0.1) is 0 Å². The molecule has 0 aromatic heterocycles. The number of alkyl carbamates (subject to hydrolysis) is 1. The number of benzene rings is 1. The molecule has 26 heavy (non-hydrogen) atoms. The Balaban J connectivity index is 1.84. The Hall–Kier alpha value is -2.81. The average molecular weight is 365 g/mol. The molecule has 0 aliphatic carbocycles. The molecule has 0 radical (unpaired) electrons. The number of hydrogen-bond acceptors (Lipinski definition) is 7. The summed E-state index contributed by atoms with van der Waals surface area (Å²) in [5.41, 5.74) is 0.575. The normalized spacial score (nSPS) is 12.4. The highest BCUT2D eigenvalue weighted by Gasteiger charge is 2.17. The lowest BCUT2D eigenvalue weighted by molar-refractivity contribution is -0.122. The highest BCUT2D eigenvalue weighted by Crippen LogP contribution is 2.32. The summed E-state index contributed by atoms with van der Waals surface area (Å²) in [5, 5.41) is 4.85. The predicted octanol–water partition coefficient (Wildman–Crippen LogP) is 0.991. The minimum Gasteiger partial charge on any atom is -0.486 e. The van der Waals surface area contributed by atoms with Gasteiger partial charge in [0.05, 0.1) is 19.7 Å². The van der Waals surface area contributed by atoms with Gasteiger partial charge in [-0.3, -0.25) is 19.8 Å². The minimum atomic E-state index is -0.797. The van der Waals surface area contributed by atoms with Gasteiger partial charge in [0.15, 0.2) is 11.5 Å². The number of anilines is 1. The summed E-state index contributed by atoms with van der Waals surface area (Å²) in [6, 6.07) is 5.14. The first kappa shape index (κ1) is 19.5. The van der Waals surface area contributed by atoms with Crippen LogP contribution in [-0.2, 0) is 14.3 Å². The predicted molar refractivity (Wildman–Crippen MR) is 93.3 cm³/mol. The monoisotopic (exact) mass is 365 g/mol. The molecular weight excluding hydrogens is 342 g/mol. The summed E-state index contributed by atoms with van der Waals surface area (Å²) in [7, 11) is 0. The van der Waals surface area contributed by atoms with Crippen LogP contribution < -0.4 is 20.1 Å². The number of hydrogen-bond donors (Lipinski definition) is 2. The minimum absolute atomic E-state index is 0.00118. The van der Waals surface area contributed by atoms with Crippen LogP contribution >= 0.6 is 0 Å². The number of amides is 3. The van der Waals surface area contributed by atoms with Gasteiger partial charge >= 0.3 is 6.09 Å². The smallest absolute Gasteiger partial charge is 0.413 e. The number of ether oxygens (including phenoxy) is 3. The third-order valence-electron chi connectivity index (χ3n) is 3.52. The number of imide groups is 1. The molecule has 0 saturated heterocycles. The van der Waals surface area contributed by atoms with E-state index in [2.05, 4.69) is 15.4 Å². The summed E-state index contributed by atoms with van der Waals surface area (Å²) in [6.45, 7) is 4.96. The molecule has 2 N–H and O–H groups in total. The van der Waals surface area contributed by atoms with Gasteiger partial charge in [-0.2, -0.15) is 0 Å². The average Bonchev–Trinajstić information content (AvgIpc) is 2.61. The molecule has 0 fully saturated rings. The number of fused-ring (bicyclic) bond motifs is 1. The van der Waals surface area contributed by atoms with E-state index in [1.807, 2.05) is 6.92 Å². The van der Waals surface area contributed by atoms with Crippen molar-refractivity contribution < 1.29 is 28.6 Å². The number of likely N-dealkylation sites (N-methyl/N-ethyl adjacent to an activating group) is 1. The van der Waals surface area contributed by atoms with E-state index in [4.69, 9.17) is 9.47 Å². The van der Waals surface area contributed by atoms with Gasteiger partial charge in [-0.05, 0) is 25.6 Å². The zero-order valence-corrected chi connectivity index (χ0v) is 14.9. The van der Waals surface area contributed by atoms with Crippen molar-refractivity contribution in [3.8, 4) is 11.5 Å². The van der Waals surface area contributed by atoms with Gasteiger partial charge in [0, 0.05) is 11.8 Å². The largest absolute Gasteiger partial charge is 0.486 e. The fraction of sp³-hybridized carbons (Fsp3) is 0.471. The van der Waals surface area contributed by atoms with Crippen LogP contribution in [-0.4, -0.2) is 62.3 Å². The van der Waals surface area contributed by atoms with Gasteiger partial charge in [-0.1, -0.05) is 6.92 Å². The second-order valence-electron chi connectivity index (χ2n) is 5.48. The molecule has 1 aromatic carbocycles. The van der Waals surface area contributed by atoms with Crippen molar-refractivity contribution >= 4 is 23.6 Å². The summed E-state index contributed by atoms with van der Waals surface area (Å²) >= 11 is 0. The molecule has 9 nitrogen and oxygen atoms in total. The molecule has 0 unspecified atom stereocenters. The van der Waals surface area contributed by atoms with E-state index in [0.717, 1.165) is 0 Å². The van der Waals surface area contributed by atoms with E-state index >= 15 is 0 Å². The summed E-state index contributed by atoms with van der Waals surface area (Å²) in [5.74, 6) is 0.403. The van der Waals surface area contributed by atoms with E-state index in [9.17, 15) is 14.4 Å². The van der Waals surface area contributed by atoms with E-state index in [1.54, 1.807) is 30.0 Å². The van der Waals surface area contributed by atoms with Gasteiger partial charge in [0.2, 0.25) is 11.8 Å². The van der Waals surface area contributed by atoms with Crippen LogP contribution in [0.4, 0.5) is 10.5 Å². The molecule has 1 aromatic rings. The van der Waals surface area contributed by atoms with Crippen LogP contribution in [0.3, 0.4) is 0 Å². The van der Waals surface area contributed by atoms with Crippen molar-refractivity contribution in [1.29, 1.82) is 0 Å². The quantitative estimate of drug-likeness (QED) is 0.742. The number of rotatable bonds is 7. The summed E-state index contributed by atoms with van der Waals surface area (Å²) in [6.07, 6.45) is -0.797. The first-order chi connectivity index (χ1) is 12.5. The van der Waals surface area contributed by atoms with Crippen LogP contribution in [0.2, 0.25) is 0 Å². The van der Waals surface area contributed by atoms with Gasteiger partial charge in [-0.25, -0.2) is 4.79 Å². The van der Waals surface area contributed by atoms with E-state index in [1.165, 1.54) is 0 Å². The Morgan fingerprint density at radius 2 is 1.77 bits per heavy atom. The first-order valence-corrected chi connectivity index (χ1v) is 8.40. The maximum absolute atomic E-state index is 12.2. The van der Waals surface area contributed by atoms with Crippen molar-refractivity contribution in [3.05, 3.63) is 18.2 Å². The highest BCUT2D eigenvalue weighted by molar-refractivity contribution is 5.94. The number of nitrogens with zero attached hydrogens (tertiary/aromatic N) is 1. The highest BCUT2D eigenvalue weighted by atomic mass is 16.6. The third kappa shape index (κ3) is 5.92. The van der Waals surface area contributed by atoms with E-state index in [0.29, 0.717) is 36.9 Å². The fourth-order valence-electron chi connectivity index (χ4n) is 2.33. The van der Waals surface area contributed by atoms with Crippen molar-refractivity contribution in [1.82, 2.24) is 10.2 Å². The Morgan fingerprint density at radius 1 is 1.08 bits per heavy atom. The molecule has 1 heterocycles. The lowest BCUT2D eigenvalue weighted by Crippen LogP contribution is -2.43. The number of carbonyl (C=O) groups is 3. The molecule has 0 bridgehead atoms. The maximum atomic E-state index is 12.2. The molecule has 0 atom stereocenters. The van der Waals surface area contributed by atoms with Crippen molar-refractivity contribution in [2.24, 2.45) is 0 Å². The van der Waals surface area contributed by atoms with Crippen LogP contribution in [0.1, 0.15) is 13.8 Å². The Labute approximate surface area is 151 Å². The molecular formula is C17H23N3O6. The zero-order chi connectivity index (χ0) is 18.9. The van der Waals surface area contributed by atoms with Crippen LogP contribution in [0.15, 0.2) is 18.2 Å². The summed E-state index contributed by atoms with van der Waals surface area (Å²) in [4.78, 5) is 36.8. The second kappa shape index (κ2) is 9.62. The summed E-state index contributed by atoms with van der Waals surface area (Å²) < 4.78 is 15.5. The zero-order valence-electron chi connectivity index (χ0n) is 14.9. The lowest BCUT2D eigenvalue weighted by atomic mass is 10.2. The molecule has 1 aliphatic rings. The van der Waals surface area contributed by atoms with E-state index in [-0.39, 0.29) is 25.6 Å². The van der Waals surface area contributed by atoms with E-state index < -0.39 is 12.0 Å². The third-order valence-corrected chi connectivity index (χ3v) is 3.52. The molecule has 9 heteroatoms. The SMILES string of the molecule is CCOC(=O)NC(=O)CN(CC)CC(=O)Nc1ccc2c(c1)OCCO2. The van der Waals surface area contributed by atoms with Gasteiger partial charge in [-0.15, -0.1) is 0 Å². The molecule has 0 spiro atoms. The Kier molecular flexibility index (Phi) is 7.22. The maximum Gasteiger partial charge on any atom is 0.413 e. The van der Waals surface area contributed by atoms with Crippen molar-refractivity contribution in [3.63, 3.8) is 0 Å². The number of carbonyl (C=O) groups excluding carboxylic acids is 3. The van der Waals surface area contributed by atoms with Crippen LogP contribution in [0.5, 0.6) is 11.5 Å². The lowest BCUT2D eigenvalue weighted by Gasteiger charge is -2.20. The van der Waals surface area contributed by atoms with Gasteiger partial charge in [0.1, 0.15) is 13.2 Å². The topological polar surface area (TPSA) is 106 Å². The van der Waals surface area contributed by atoms with Gasteiger partial charge < -0.3 is 19.5 Å². The fourth-order valence-corrected chi connectivity index (χ4v) is 2.33. The molecule has 142 valence electrons. The van der Waals surface area contributed by atoms with Crippen molar-refractivity contribution in [2.75, 3.05) is 44.8 Å². The molecule has 2 rings (SSSR count). The van der Waals surface area contributed by atoms with Crippen LogP contribution in [0.25, 0.3) is 0 Å². The Morgan fingerprint density at radius 3 is 2.46 bits per heavy atom. The standard InChI is InChI=1S/C17H23N3O6/c1-3-20(11-16(22)19-17(23)24-4-2)10-15(21)18-12-5-6-13-14(9-12)26-8-7-25-13/h5-6,9H,3-4,7-8,10-11H2,1-2H3,(H,18,21)(H,19,22,23). The van der Waals surface area contributed by atoms with Gasteiger partial charge in [0.25, 0.3) is 0 Å². The number of nitrogens with one attached hydrogen (secondary N) is 2. The first-order valence-electron chi connectivity index (χ1n) is 8.40. The second-order valence-corrected chi connectivity index (χ2v) is 5.48. The molecule has 3 amide bonds.